The Bertz CT molecular complexity index is 465. The molecule has 4 nitrogen and oxygen atoms in total. The van der Waals surface area contributed by atoms with Gasteiger partial charge in [0.2, 0.25) is 5.91 Å². The molecule has 3 N–H and O–H groups in total. The number of para-hydroxylation sites is 1. The number of nitrogens with two attached hydrogens (primary N) is 1. The highest BCUT2D eigenvalue weighted by Gasteiger charge is 2.25. The molecule has 0 aliphatic heterocycles. The number of carbonyl (C=O) groups excluding carboxylic acids is 1. The fourth-order valence-corrected chi connectivity index (χ4v) is 2.49. The SMILES string of the molecule is CC(C)CC(C)(CN)NC(=O)CCOc1ccccc1Cl. The summed E-state index contributed by atoms with van der Waals surface area (Å²) in [6, 6.07) is 7.21. The van der Waals surface area contributed by atoms with Crippen molar-refractivity contribution < 1.29 is 9.53 Å². The molecule has 0 aliphatic carbocycles. The molecule has 1 amide bonds. The highest BCUT2D eigenvalue weighted by molar-refractivity contribution is 6.32. The Kier molecular flexibility index (Phi) is 6.99. The van der Waals surface area contributed by atoms with Crippen LogP contribution in [0.5, 0.6) is 5.75 Å². The number of benzene rings is 1. The topological polar surface area (TPSA) is 64.3 Å². The van der Waals surface area contributed by atoms with Crippen LogP contribution in [0.2, 0.25) is 5.02 Å². The minimum atomic E-state index is -0.365. The van der Waals surface area contributed by atoms with E-state index in [1.54, 1.807) is 12.1 Å². The first-order valence-corrected chi connectivity index (χ1v) is 7.62. The zero-order chi connectivity index (χ0) is 15.9. The second kappa shape index (κ2) is 8.25. The highest BCUT2D eigenvalue weighted by atomic mass is 35.5. The first-order valence-electron chi connectivity index (χ1n) is 7.25. The van der Waals surface area contributed by atoms with Gasteiger partial charge in [0, 0.05) is 12.1 Å². The summed E-state index contributed by atoms with van der Waals surface area (Å²) < 4.78 is 5.51. The Hall–Kier alpha value is -1.26. The standard InChI is InChI=1S/C16H25ClN2O2/c1-12(2)10-16(3,11-18)19-15(20)8-9-21-14-7-5-4-6-13(14)17/h4-7,12H,8-11,18H2,1-3H3,(H,19,20). The summed E-state index contributed by atoms with van der Waals surface area (Å²) in [5.74, 6) is 1.00. The molecule has 0 radical (unpaired) electrons. The van der Waals surface area contributed by atoms with E-state index in [1.807, 2.05) is 19.1 Å². The van der Waals surface area contributed by atoms with Crippen molar-refractivity contribution in [2.75, 3.05) is 13.2 Å². The lowest BCUT2D eigenvalue weighted by Gasteiger charge is -2.31. The number of rotatable bonds is 8. The molecule has 0 heterocycles. The molecule has 1 unspecified atom stereocenters. The van der Waals surface area contributed by atoms with Gasteiger partial charge in [0.25, 0.3) is 0 Å². The van der Waals surface area contributed by atoms with Gasteiger partial charge in [0.15, 0.2) is 0 Å². The molecule has 0 aromatic heterocycles. The summed E-state index contributed by atoms with van der Waals surface area (Å²) in [4.78, 5) is 12.0. The molecule has 1 rings (SSSR count). The monoisotopic (exact) mass is 312 g/mol. The Morgan fingerprint density at radius 3 is 2.67 bits per heavy atom. The summed E-state index contributed by atoms with van der Waals surface area (Å²) in [6.45, 7) is 6.90. The number of amides is 1. The Morgan fingerprint density at radius 1 is 1.43 bits per heavy atom. The van der Waals surface area contributed by atoms with Crippen LogP contribution in [0.15, 0.2) is 24.3 Å². The lowest BCUT2D eigenvalue weighted by Crippen LogP contribution is -2.52. The third kappa shape index (κ3) is 6.36. The molecule has 5 heteroatoms. The molecule has 1 aromatic rings. The molecule has 0 fully saturated rings. The average Bonchev–Trinajstić information content (AvgIpc) is 2.40. The van der Waals surface area contributed by atoms with Crippen LogP contribution in [0.3, 0.4) is 0 Å². The molecular weight excluding hydrogens is 288 g/mol. The van der Waals surface area contributed by atoms with Crippen LogP contribution < -0.4 is 15.8 Å². The summed E-state index contributed by atoms with van der Waals surface area (Å²) in [5, 5.41) is 3.54. The van der Waals surface area contributed by atoms with Crippen LogP contribution in [-0.2, 0) is 4.79 Å². The molecule has 1 aromatic carbocycles. The Balaban J connectivity index is 2.42. The van der Waals surface area contributed by atoms with Crippen molar-refractivity contribution in [2.45, 2.75) is 39.2 Å². The van der Waals surface area contributed by atoms with Crippen molar-refractivity contribution in [1.82, 2.24) is 5.32 Å². The second-order valence-electron chi connectivity index (χ2n) is 5.94. The van der Waals surface area contributed by atoms with Crippen LogP contribution in [0.25, 0.3) is 0 Å². The van der Waals surface area contributed by atoms with E-state index in [9.17, 15) is 4.79 Å². The van der Waals surface area contributed by atoms with E-state index in [0.29, 0.717) is 23.2 Å². The number of hydrogen-bond donors (Lipinski definition) is 2. The first kappa shape index (κ1) is 17.8. The normalized spacial score (nSPS) is 13.8. The quantitative estimate of drug-likeness (QED) is 0.775. The van der Waals surface area contributed by atoms with Gasteiger partial charge in [-0.15, -0.1) is 0 Å². The van der Waals surface area contributed by atoms with Crippen LogP contribution in [0.4, 0.5) is 0 Å². The average molecular weight is 313 g/mol. The molecule has 0 spiro atoms. The molecule has 21 heavy (non-hydrogen) atoms. The Morgan fingerprint density at radius 2 is 2.10 bits per heavy atom. The van der Waals surface area contributed by atoms with E-state index in [1.165, 1.54) is 0 Å². The van der Waals surface area contributed by atoms with Crippen LogP contribution in [0, 0.1) is 5.92 Å². The van der Waals surface area contributed by atoms with Gasteiger partial charge < -0.3 is 15.8 Å². The van der Waals surface area contributed by atoms with E-state index in [2.05, 4.69) is 19.2 Å². The van der Waals surface area contributed by atoms with Crippen molar-refractivity contribution >= 4 is 17.5 Å². The van der Waals surface area contributed by atoms with E-state index in [0.717, 1.165) is 6.42 Å². The van der Waals surface area contributed by atoms with Crippen molar-refractivity contribution in [1.29, 1.82) is 0 Å². The van der Waals surface area contributed by atoms with Crippen LogP contribution >= 0.6 is 11.6 Å². The third-order valence-corrected chi connectivity index (χ3v) is 3.49. The first-order chi connectivity index (χ1) is 9.86. The van der Waals surface area contributed by atoms with Crippen LogP contribution in [-0.4, -0.2) is 24.6 Å². The van der Waals surface area contributed by atoms with Gasteiger partial charge in [-0.25, -0.2) is 0 Å². The van der Waals surface area contributed by atoms with Gasteiger partial charge in [0.05, 0.1) is 18.1 Å². The van der Waals surface area contributed by atoms with E-state index in [-0.39, 0.29) is 24.5 Å². The molecular formula is C16H25ClN2O2. The Labute approximate surface area is 132 Å². The summed E-state index contributed by atoms with van der Waals surface area (Å²) in [7, 11) is 0. The number of ether oxygens (including phenoxy) is 1. The minimum Gasteiger partial charge on any atom is -0.491 e. The fraction of sp³-hybridized carbons (Fsp3) is 0.562. The van der Waals surface area contributed by atoms with Crippen molar-refractivity contribution in [3.05, 3.63) is 29.3 Å². The van der Waals surface area contributed by atoms with Gasteiger partial charge in [-0.2, -0.15) is 0 Å². The van der Waals surface area contributed by atoms with Gasteiger partial charge in [-0.1, -0.05) is 37.6 Å². The van der Waals surface area contributed by atoms with E-state index < -0.39 is 0 Å². The molecule has 118 valence electrons. The summed E-state index contributed by atoms with van der Waals surface area (Å²) in [5.41, 5.74) is 5.41. The maximum Gasteiger partial charge on any atom is 0.223 e. The minimum absolute atomic E-state index is 0.0596. The molecule has 0 saturated carbocycles. The lowest BCUT2D eigenvalue weighted by molar-refractivity contribution is -0.123. The largest absolute Gasteiger partial charge is 0.491 e. The number of halogens is 1. The smallest absolute Gasteiger partial charge is 0.223 e. The molecule has 0 aliphatic rings. The second-order valence-corrected chi connectivity index (χ2v) is 6.35. The predicted octanol–water partition coefficient (Wildman–Crippen LogP) is 2.99. The van der Waals surface area contributed by atoms with Gasteiger partial charge >= 0.3 is 0 Å². The maximum absolute atomic E-state index is 12.0. The maximum atomic E-state index is 12.0. The highest BCUT2D eigenvalue weighted by Crippen LogP contribution is 2.23. The number of hydrogen-bond acceptors (Lipinski definition) is 3. The van der Waals surface area contributed by atoms with Crippen LogP contribution in [0.1, 0.15) is 33.6 Å². The van der Waals surface area contributed by atoms with E-state index in [4.69, 9.17) is 22.1 Å². The fourth-order valence-electron chi connectivity index (χ4n) is 2.30. The summed E-state index contributed by atoms with van der Waals surface area (Å²) in [6.07, 6.45) is 1.12. The van der Waals surface area contributed by atoms with Gasteiger partial charge in [-0.3, -0.25) is 4.79 Å². The number of nitrogens with one attached hydrogen (secondary N) is 1. The zero-order valence-corrected chi connectivity index (χ0v) is 13.7. The molecule has 0 saturated heterocycles. The van der Waals surface area contributed by atoms with E-state index >= 15 is 0 Å². The van der Waals surface area contributed by atoms with Gasteiger partial charge in [-0.05, 0) is 31.4 Å². The van der Waals surface area contributed by atoms with Crippen molar-refractivity contribution in [3.8, 4) is 5.75 Å². The zero-order valence-electron chi connectivity index (χ0n) is 13.0. The predicted molar refractivity (Wildman–Crippen MR) is 86.6 cm³/mol. The summed E-state index contributed by atoms with van der Waals surface area (Å²) >= 11 is 5.98. The van der Waals surface area contributed by atoms with Crippen molar-refractivity contribution in [2.24, 2.45) is 11.7 Å². The van der Waals surface area contributed by atoms with Crippen molar-refractivity contribution in [3.63, 3.8) is 0 Å². The third-order valence-electron chi connectivity index (χ3n) is 3.17. The van der Waals surface area contributed by atoms with Gasteiger partial charge in [0.1, 0.15) is 5.75 Å². The molecule has 0 bridgehead atoms. The lowest BCUT2D eigenvalue weighted by atomic mass is 9.90. The number of carbonyl (C=O) groups is 1. The molecule has 1 atom stereocenters.